The molecule has 3 N–H and O–H groups in total. The third-order valence-electron chi connectivity index (χ3n) is 6.88. The predicted molar refractivity (Wildman–Crippen MR) is 160 cm³/mol. The molecule has 11 heteroatoms. The monoisotopic (exact) mass is 596 g/mol. The third kappa shape index (κ3) is 6.66. The topological polar surface area (TPSA) is 121 Å². The number of amides is 3. The highest BCUT2D eigenvalue weighted by Gasteiger charge is 2.24. The van der Waals surface area contributed by atoms with E-state index < -0.39 is 15.9 Å². The van der Waals surface area contributed by atoms with Crippen LogP contribution in [-0.4, -0.2) is 57.5 Å². The minimum absolute atomic E-state index is 0.0178. The number of nitrogens with one attached hydrogen (secondary N) is 3. The molecule has 0 radical (unpaired) electrons. The number of sulfonamides is 1. The summed E-state index contributed by atoms with van der Waals surface area (Å²) in [6.45, 7) is 4.00. The highest BCUT2D eigenvalue weighted by molar-refractivity contribution is 7.90. The minimum atomic E-state index is -4.17. The molecule has 2 unspecified atom stereocenters. The molecule has 3 aromatic carbocycles. The van der Waals surface area contributed by atoms with Crippen LogP contribution in [0.5, 0.6) is 5.75 Å². The molecule has 0 fully saturated rings. The van der Waals surface area contributed by atoms with Gasteiger partial charge in [-0.05, 0) is 60.9 Å². The number of fused-ring (bicyclic) bond motifs is 1. The van der Waals surface area contributed by atoms with Gasteiger partial charge in [0.15, 0.2) is 0 Å². The van der Waals surface area contributed by atoms with E-state index in [9.17, 15) is 18.0 Å². The van der Waals surface area contributed by atoms with Gasteiger partial charge in [0.05, 0.1) is 12.1 Å². The molecule has 0 aliphatic rings. The van der Waals surface area contributed by atoms with Crippen molar-refractivity contribution in [3.63, 3.8) is 0 Å². The summed E-state index contributed by atoms with van der Waals surface area (Å²) in [6, 6.07) is 16.7. The molecule has 2 atom stereocenters. The number of rotatable bonds is 9. The fraction of sp³-hybridized carbons (Fsp3) is 0.267. The van der Waals surface area contributed by atoms with Crippen molar-refractivity contribution in [2.24, 2.45) is 0 Å². The van der Waals surface area contributed by atoms with Gasteiger partial charge >= 0.3 is 6.03 Å². The van der Waals surface area contributed by atoms with Crippen molar-refractivity contribution >= 4 is 44.5 Å². The van der Waals surface area contributed by atoms with Gasteiger partial charge in [0.25, 0.3) is 15.9 Å². The van der Waals surface area contributed by atoms with Crippen molar-refractivity contribution in [1.82, 2.24) is 19.9 Å². The van der Waals surface area contributed by atoms with Crippen LogP contribution in [0.4, 0.5) is 4.79 Å². The number of hydrogen-bond acceptors (Lipinski definition) is 5. The normalized spacial score (nSPS) is 12.9. The lowest BCUT2D eigenvalue weighted by Crippen LogP contribution is -2.40. The van der Waals surface area contributed by atoms with Gasteiger partial charge in [0, 0.05) is 54.3 Å². The summed E-state index contributed by atoms with van der Waals surface area (Å²) in [4.78, 5) is 29.6. The highest BCUT2D eigenvalue weighted by Crippen LogP contribution is 2.36. The summed E-state index contributed by atoms with van der Waals surface area (Å²) in [7, 11) is 0.746. The molecule has 216 valence electrons. The second-order valence-corrected chi connectivity index (χ2v) is 12.2. The molecule has 4 rings (SSSR count). The van der Waals surface area contributed by atoms with E-state index in [0.29, 0.717) is 12.2 Å². The number of methoxy groups -OCH3 is 1. The molecule has 1 heterocycles. The first-order valence-corrected chi connectivity index (χ1v) is 14.8. The van der Waals surface area contributed by atoms with E-state index >= 15 is 0 Å². The van der Waals surface area contributed by atoms with E-state index in [4.69, 9.17) is 16.3 Å². The Kier molecular flexibility index (Phi) is 8.94. The molecular weight excluding hydrogens is 564 g/mol. The molecule has 0 spiro atoms. The fourth-order valence-corrected chi connectivity index (χ4v) is 6.19. The predicted octanol–water partition coefficient (Wildman–Crippen LogP) is 5.30. The number of carbonyl (C=O) groups excluding carboxylic acids is 2. The van der Waals surface area contributed by atoms with Crippen LogP contribution in [0.25, 0.3) is 10.9 Å². The average Bonchev–Trinajstić information content (AvgIpc) is 3.35. The first-order chi connectivity index (χ1) is 19.4. The summed E-state index contributed by atoms with van der Waals surface area (Å²) in [5, 5.41) is 4.03. The average molecular weight is 597 g/mol. The number of urea groups is 1. The third-order valence-corrected chi connectivity index (χ3v) is 8.71. The number of halogens is 1. The Morgan fingerprint density at radius 3 is 2.44 bits per heavy atom. The van der Waals surface area contributed by atoms with Crippen molar-refractivity contribution < 1.29 is 22.7 Å². The maximum absolute atomic E-state index is 12.9. The summed E-state index contributed by atoms with van der Waals surface area (Å²) in [5.74, 6) is -0.468. The highest BCUT2D eigenvalue weighted by atomic mass is 35.5. The first kappa shape index (κ1) is 30.0. The lowest BCUT2D eigenvalue weighted by Gasteiger charge is -2.18. The van der Waals surface area contributed by atoms with E-state index in [-0.39, 0.29) is 33.5 Å². The Bertz CT molecular complexity index is 1700. The maximum atomic E-state index is 12.9. The Labute approximate surface area is 244 Å². The van der Waals surface area contributed by atoms with Gasteiger partial charge in [-0.25, -0.2) is 17.9 Å². The summed E-state index contributed by atoms with van der Waals surface area (Å²) < 4.78 is 33.2. The Morgan fingerprint density at radius 1 is 1.02 bits per heavy atom. The van der Waals surface area contributed by atoms with Gasteiger partial charge in [0.2, 0.25) is 0 Å². The van der Waals surface area contributed by atoms with Gasteiger partial charge in [-0.1, -0.05) is 42.8 Å². The number of hydrogen-bond donors (Lipinski definition) is 3. The zero-order valence-corrected chi connectivity index (χ0v) is 25.1. The van der Waals surface area contributed by atoms with Crippen molar-refractivity contribution in [3.8, 4) is 5.75 Å². The number of ether oxygens (including phenoxy) is 1. The van der Waals surface area contributed by atoms with E-state index in [1.54, 1.807) is 32.3 Å². The minimum Gasteiger partial charge on any atom is -0.496 e. The number of benzene rings is 3. The number of aromatic nitrogens is 1. The fourth-order valence-electron chi connectivity index (χ4n) is 4.70. The van der Waals surface area contributed by atoms with E-state index in [0.717, 1.165) is 27.6 Å². The van der Waals surface area contributed by atoms with Crippen LogP contribution >= 0.6 is 11.6 Å². The zero-order valence-electron chi connectivity index (χ0n) is 23.5. The van der Waals surface area contributed by atoms with Crippen LogP contribution in [0.15, 0.2) is 71.8 Å². The van der Waals surface area contributed by atoms with Crippen LogP contribution in [0.2, 0.25) is 5.02 Å². The summed E-state index contributed by atoms with van der Waals surface area (Å²) >= 11 is 6.03. The standard InChI is InChI=1S/C30H33ClN4O5S/c1-18(33-30(37)35(3)4)14-20-10-13-26-23(15-20)24(17-32-26)19(2)22-12-11-21(16-27(22)40-5)29(36)34-41(38,39)28-9-7-6-8-25(28)31/h6-13,15-19,32H,14H2,1-5H3,(H,33,37)(H,34,36). The van der Waals surface area contributed by atoms with Crippen LogP contribution in [0.3, 0.4) is 0 Å². The SMILES string of the molecule is COc1cc(C(=O)NS(=O)(=O)c2ccccc2Cl)ccc1C(C)c1c[nH]c2ccc(CC(C)NC(=O)N(C)C)cc12. The smallest absolute Gasteiger partial charge is 0.317 e. The second-order valence-electron chi connectivity index (χ2n) is 10.1. The van der Waals surface area contributed by atoms with E-state index in [2.05, 4.69) is 21.1 Å². The Morgan fingerprint density at radius 2 is 1.76 bits per heavy atom. The first-order valence-electron chi connectivity index (χ1n) is 13.0. The van der Waals surface area contributed by atoms with Gasteiger partial charge in [-0.15, -0.1) is 0 Å². The molecule has 0 saturated heterocycles. The molecule has 0 saturated carbocycles. The van der Waals surface area contributed by atoms with Gasteiger partial charge in [-0.3, -0.25) is 4.79 Å². The molecular formula is C30H33ClN4O5S. The van der Waals surface area contributed by atoms with E-state index in [1.165, 1.54) is 36.3 Å². The maximum Gasteiger partial charge on any atom is 0.317 e. The molecule has 3 amide bonds. The van der Waals surface area contributed by atoms with Gasteiger partial charge in [0.1, 0.15) is 10.6 Å². The molecule has 0 aliphatic heterocycles. The van der Waals surface area contributed by atoms with E-state index in [1.807, 2.05) is 32.2 Å². The van der Waals surface area contributed by atoms with Gasteiger partial charge in [-0.2, -0.15) is 0 Å². The summed E-state index contributed by atoms with van der Waals surface area (Å²) in [5.41, 5.74) is 4.04. The van der Waals surface area contributed by atoms with Crippen LogP contribution in [0.1, 0.15) is 46.8 Å². The number of aromatic amines is 1. The molecule has 4 aromatic rings. The quantitative estimate of drug-likeness (QED) is 0.242. The molecule has 9 nitrogen and oxygen atoms in total. The van der Waals surface area contributed by atoms with Crippen molar-refractivity contribution in [3.05, 3.63) is 94.1 Å². The van der Waals surface area contributed by atoms with Crippen molar-refractivity contribution in [2.45, 2.75) is 37.1 Å². The number of carbonyl (C=O) groups is 2. The largest absolute Gasteiger partial charge is 0.496 e. The zero-order chi connectivity index (χ0) is 29.9. The molecule has 41 heavy (non-hydrogen) atoms. The second kappa shape index (κ2) is 12.2. The van der Waals surface area contributed by atoms with Crippen LogP contribution in [0, 0.1) is 0 Å². The number of H-pyrrole nitrogens is 1. The molecule has 0 bridgehead atoms. The van der Waals surface area contributed by atoms with Crippen LogP contribution in [-0.2, 0) is 16.4 Å². The Balaban J connectivity index is 1.58. The van der Waals surface area contributed by atoms with Crippen LogP contribution < -0.4 is 14.8 Å². The van der Waals surface area contributed by atoms with Crippen molar-refractivity contribution in [2.75, 3.05) is 21.2 Å². The Hall–Kier alpha value is -4.02. The lowest BCUT2D eigenvalue weighted by atomic mass is 9.90. The molecule has 0 aliphatic carbocycles. The molecule has 1 aromatic heterocycles. The number of nitrogens with zero attached hydrogens (tertiary/aromatic N) is 1. The summed E-state index contributed by atoms with van der Waals surface area (Å²) in [6.07, 6.45) is 2.62. The van der Waals surface area contributed by atoms with Gasteiger partial charge < -0.3 is 19.9 Å². The van der Waals surface area contributed by atoms with Crippen molar-refractivity contribution in [1.29, 1.82) is 0 Å². The lowest BCUT2D eigenvalue weighted by molar-refractivity contribution is 0.0981.